The third kappa shape index (κ3) is 4.78. The maximum Gasteiger partial charge on any atom is 0.331 e. The maximum atomic E-state index is 11.8. The van der Waals surface area contributed by atoms with Crippen molar-refractivity contribution in [1.82, 2.24) is 10.1 Å². The van der Waals surface area contributed by atoms with Crippen LogP contribution in [0.1, 0.15) is 17.0 Å². The predicted molar refractivity (Wildman–Crippen MR) is 94.8 cm³/mol. The van der Waals surface area contributed by atoms with E-state index >= 15 is 0 Å². The maximum absolute atomic E-state index is 11.8. The van der Waals surface area contributed by atoms with E-state index in [0.29, 0.717) is 16.7 Å². The third-order valence-electron chi connectivity index (χ3n) is 3.37. The summed E-state index contributed by atoms with van der Waals surface area (Å²) in [7, 11) is 0. The number of aromatic nitrogens is 2. The Bertz CT molecular complexity index is 901. The van der Waals surface area contributed by atoms with E-state index < -0.39 is 5.97 Å². The number of ether oxygens (including phenoxy) is 1. The van der Waals surface area contributed by atoms with Crippen LogP contribution in [-0.2, 0) is 16.1 Å². The van der Waals surface area contributed by atoms with Gasteiger partial charge in [0.05, 0.1) is 0 Å². The lowest BCUT2D eigenvalue weighted by atomic mass is 10.1. The van der Waals surface area contributed by atoms with Crippen LogP contribution >= 0.6 is 11.6 Å². The average Bonchev–Trinajstić information content (AvgIpc) is 3.08. The molecular formula is C19H15ClN2O3. The van der Waals surface area contributed by atoms with Crippen LogP contribution in [0.15, 0.2) is 59.1 Å². The molecule has 126 valence electrons. The molecule has 0 amide bonds. The topological polar surface area (TPSA) is 65.2 Å². The minimum absolute atomic E-state index is 0.0614. The van der Waals surface area contributed by atoms with Crippen LogP contribution in [0.5, 0.6) is 0 Å². The Morgan fingerprint density at radius 3 is 2.80 bits per heavy atom. The summed E-state index contributed by atoms with van der Waals surface area (Å²) >= 11 is 5.89. The van der Waals surface area contributed by atoms with E-state index in [1.807, 2.05) is 37.3 Å². The van der Waals surface area contributed by atoms with Gasteiger partial charge in [-0.3, -0.25) is 0 Å². The van der Waals surface area contributed by atoms with Crippen LogP contribution in [0.25, 0.3) is 17.5 Å². The molecule has 0 spiro atoms. The standard InChI is InChI=1S/C19H15ClN2O3/c1-13-5-8-15(9-6-13)19-21-17(22-25-19)12-24-18(23)10-7-14-3-2-4-16(20)11-14/h2-11H,12H2,1H3/b10-7+. The zero-order valence-electron chi connectivity index (χ0n) is 13.5. The van der Waals surface area contributed by atoms with Crippen LogP contribution in [0.2, 0.25) is 5.02 Å². The summed E-state index contributed by atoms with van der Waals surface area (Å²) in [5.74, 6) is 0.197. The summed E-state index contributed by atoms with van der Waals surface area (Å²) in [4.78, 5) is 16.0. The number of aryl methyl sites for hydroxylation is 1. The summed E-state index contributed by atoms with van der Waals surface area (Å²) in [6.45, 7) is 1.94. The number of carbonyl (C=O) groups excluding carboxylic acids is 1. The molecule has 0 bridgehead atoms. The van der Waals surface area contributed by atoms with E-state index in [0.717, 1.165) is 16.7 Å². The Morgan fingerprint density at radius 2 is 2.04 bits per heavy atom. The number of esters is 1. The smallest absolute Gasteiger partial charge is 0.331 e. The van der Waals surface area contributed by atoms with Crippen molar-refractivity contribution in [3.8, 4) is 11.5 Å². The van der Waals surface area contributed by atoms with Gasteiger partial charge < -0.3 is 9.26 Å². The van der Waals surface area contributed by atoms with E-state index in [1.54, 1.807) is 24.3 Å². The second kappa shape index (κ2) is 7.77. The third-order valence-corrected chi connectivity index (χ3v) is 3.61. The van der Waals surface area contributed by atoms with Gasteiger partial charge in [0.15, 0.2) is 6.61 Å². The zero-order valence-corrected chi connectivity index (χ0v) is 14.2. The molecule has 1 aromatic heterocycles. The Morgan fingerprint density at radius 1 is 1.24 bits per heavy atom. The average molecular weight is 355 g/mol. The summed E-state index contributed by atoms with van der Waals surface area (Å²) < 4.78 is 10.3. The number of rotatable bonds is 5. The predicted octanol–water partition coefficient (Wildman–Crippen LogP) is 4.46. The van der Waals surface area contributed by atoms with Gasteiger partial charge in [0, 0.05) is 16.7 Å². The molecule has 0 N–H and O–H groups in total. The minimum atomic E-state index is -0.498. The number of hydrogen-bond acceptors (Lipinski definition) is 5. The summed E-state index contributed by atoms with van der Waals surface area (Å²) in [6, 6.07) is 14.9. The molecule has 25 heavy (non-hydrogen) atoms. The van der Waals surface area contributed by atoms with E-state index in [2.05, 4.69) is 10.1 Å². The molecule has 0 aliphatic rings. The van der Waals surface area contributed by atoms with Gasteiger partial charge in [-0.25, -0.2) is 4.79 Å². The fourth-order valence-corrected chi connectivity index (χ4v) is 2.28. The highest BCUT2D eigenvalue weighted by atomic mass is 35.5. The second-order valence-corrected chi connectivity index (χ2v) is 5.81. The van der Waals surface area contributed by atoms with Crippen molar-refractivity contribution in [2.24, 2.45) is 0 Å². The Hall–Kier alpha value is -2.92. The Balaban J connectivity index is 1.56. The number of nitrogens with zero attached hydrogens (tertiary/aromatic N) is 2. The highest BCUT2D eigenvalue weighted by Crippen LogP contribution is 2.17. The number of benzene rings is 2. The number of carbonyl (C=O) groups is 1. The van der Waals surface area contributed by atoms with Gasteiger partial charge in [-0.05, 0) is 42.8 Å². The van der Waals surface area contributed by atoms with E-state index in [4.69, 9.17) is 20.9 Å². The summed E-state index contributed by atoms with van der Waals surface area (Å²) in [5.41, 5.74) is 2.77. The van der Waals surface area contributed by atoms with Gasteiger partial charge in [0.25, 0.3) is 5.89 Å². The lowest BCUT2D eigenvalue weighted by Crippen LogP contribution is -2.02. The molecular weight excluding hydrogens is 340 g/mol. The SMILES string of the molecule is Cc1ccc(-c2nc(COC(=O)/C=C/c3cccc(Cl)c3)no2)cc1. The molecule has 0 saturated heterocycles. The molecule has 1 heterocycles. The molecule has 3 aromatic rings. The first kappa shape index (κ1) is 16.9. The summed E-state index contributed by atoms with van der Waals surface area (Å²) in [6.07, 6.45) is 2.95. The Kier molecular flexibility index (Phi) is 5.26. The monoisotopic (exact) mass is 354 g/mol. The number of halogens is 1. The normalized spacial score (nSPS) is 11.0. The van der Waals surface area contributed by atoms with Crippen LogP contribution < -0.4 is 0 Å². The fourth-order valence-electron chi connectivity index (χ4n) is 2.08. The molecule has 0 saturated carbocycles. The van der Waals surface area contributed by atoms with Crippen LogP contribution in [0.4, 0.5) is 0 Å². The molecule has 0 unspecified atom stereocenters. The zero-order chi connectivity index (χ0) is 17.6. The quantitative estimate of drug-likeness (QED) is 0.500. The van der Waals surface area contributed by atoms with Gasteiger partial charge in [-0.1, -0.05) is 46.6 Å². The van der Waals surface area contributed by atoms with Crippen molar-refractivity contribution in [1.29, 1.82) is 0 Å². The van der Waals surface area contributed by atoms with Crippen molar-refractivity contribution >= 4 is 23.6 Å². The van der Waals surface area contributed by atoms with Crippen molar-refractivity contribution < 1.29 is 14.1 Å². The van der Waals surface area contributed by atoms with Crippen molar-refractivity contribution in [2.75, 3.05) is 0 Å². The van der Waals surface area contributed by atoms with E-state index in [9.17, 15) is 4.79 Å². The first-order valence-corrected chi connectivity index (χ1v) is 7.98. The van der Waals surface area contributed by atoms with Crippen molar-refractivity contribution in [3.05, 3.63) is 76.6 Å². The summed E-state index contributed by atoms with van der Waals surface area (Å²) in [5, 5.41) is 4.41. The first-order chi connectivity index (χ1) is 12.1. The molecule has 6 heteroatoms. The van der Waals surface area contributed by atoms with Crippen molar-refractivity contribution in [2.45, 2.75) is 13.5 Å². The lowest BCUT2D eigenvalue weighted by Gasteiger charge is -1.97. The molecule has 0 aliphatic heterocycles. The fraction of sp³-hybridized carbons (Fsp3) is 0.105. The largest absolute Gasteiger partial charge is 0.454 e. The first-order valence-electron chi connectivity index (χ1n) is 7.60. The molecule has 3 rings (SSSR count). The Labute approximate surface area is 149 Å². The van der Waals surface area contributed by atoms with E-state index in [1.165, 1.54) is 6.08 Å². The van der Waals surface area contributed by atoms with Crippen LogP contribution in [0, 0.1) is 6.92 Å². The van der Waals surface area contributed by atoms with Gasteiger partial charge in [0.1, 0.15) is 0 Å². The van der Waals surface area contributed by atoms with Crippen LogP contribution in [0.3, 0.4) is 0 Å². The van der Waals surface area contributed by atoms with Crippen molar-refractivity contribution in [3.63, 3.8) is 0 Å². The molecule has 0 atom stereocenters. The second-order valence-electron chi connectivity index (χ2n) is 5.38. The van der Waals surface area contributed by atoms with Gasteiger partial charge >= 0.3 is 5.97 Å². The number of hydrogen-bond donors (Lipinski definition) is 0. The van der Waals surface area contributed by atoms with Crippen LogP contribution in [-0.4, -0.2) is 16.1 Å². The highest BCUT2D eigenvalue weighted by Gasteiger charge is 2.10. The highest BCUT2D eigenvalue weighted by molar-refractivity contribution is 6.30. The molecule has 5 nitrogen and oxygen atoms in total. The van der Waals surface area contributed by atoms with Gasteiger partial charge in [-0.2, -0.15) is 4.98 Å². The van der Waals surface area contributed by atoms with Gasteiger partial charge in [-0.15, -0.1) is 0 Å². The van der Waals surface area contributed by atoms with Gasteiger partial charge in [0.2, 0.25) is 5.82 Å². The molecule has 2 aromatic carbocycles. The molecule has 0 aliphatic carbocycles. The minimum Gasteiger partial charge on any atom is -0.454 e. The molecule has 0 radical (unpaired) electrons. The lowest BCUT2D eigenvalue weighted by molar-refractivity contribution is -0.139. The molecule has 0 fully saturated rings. The van der Waals surface area contributed by atoms with E-state index in [-0.39, 0.29) is 6.61 Å².